The SMILES string of the molecule is Cc1nc(C)c2nc(CN(C)c3ccc(C(=O)N[C@H](CCC(=O)O)C(=O)O)cc3)cnc2n1. The Bertz CT molecular complexity index is 1200. The minimum atomic E-state index is -1.28. The van der Waals surface area contributed by atoms with Crippen molar-refractivity contribution in [1.82, 2.24) is 25.3 Å². The van der Waals surface area contributed by atoms with Crippen molar-refractivity contribution in [3.8, 4) is 0 Å². The van der Waals surface area contributed by atoms with Crippen LogP contribution < -0.4 is 10.2 Å². The minimum absolute atomic E-state index is 0.200. The molecule has 2 aromatic heterocycles. The van der Waals surface area contributed by atoms with E-state index in [0.29, 0.717) is 23.5 Å². The molecule has 3 N–H and O–H groups in total. The molecule has 0 spiro atoms. The Balaban J connectivity index is 1.67. The summed E-state index contributed by atoms with van der Waals surface area (Å²) >= 11 is 0. The molecule has 0 aliphatic heterocycles. The number of aromatic nitrogens is 4. The quantitative estimate of drug-likeness (QED) is 0.436. The maximum absolute atomic E-state index is 12.4. The first kappa shape index (κ1) is 23.5. The number of benzene rings is 1. The van der Waals surface area contributed by atoms with Crippen molar-refractivity contribution in [3.05, 3.63) is 53.2 Å². The zero-order chi connectivity index (χ0) is 24.1. The Morgan fingerprint density at radius 3 is 2.39 bits per heavy atom. The van der Waals surface area contributed by atoms with E-state index in [1.165, 1.54) is 0 Å². The number of anilines is 1. The third-order valence-corrected chi connectivity index (χ3v) is 4.96. The van der Waals surface area contributed by atoms with E-state index in [1.807, 2.05) is 18.9 Å². The molecule has 3 rings (SSSR count). The van der Waals surface area contributed by atoms with Gasteiger partial charge in [0.1, 0.15) is 17.4 Å². The fraction of sp³-hybridized carbons (Fsp3) is 0.318. The highest BCUT2D eigenvalue weighted by molar-refractivity contribution is 5.97. The summed E-state index contributed by atoms with van der Waals surface area (Å²) in [5.41, 5.74) is 3.76. The minimum Gasteiger partial charge on any atom is -0.481 e. The van der Waals surface area contributed by atoms with Gasteiger partial charge in [0.05, 0.1) is 24.1 Å². The van der Waals surface area contributed by atoms with E-state index in [9.17, 15) is 19.5 Å². The molecule has 1 aromatic carbocycles. The van der Waals surface area contributed by atoms with E-state index in [0.717, 1.165) is 17.1 Å². The number of carbonyl (C=O) groups excluding carboxylic acids is 1. The lowest BCUT2D eigenvalue weighted by molar-refractivity contribution is -0.140. The number of hydrogen-bond acceptors (Lipinski definition) is 8. The predicted molar refractivity (Wildman–Crippen MR) is 119 cm³/mol. The molecular formula is C22H24N6O5. The molecule has 1 amide bonds. The van der Waals surface area contributed by atoms with E-state index >= 15 is 0 Å². The molecule has 0 fully saturated rings. The van der Waals surface area contributed by atoms with Crippen LogP contribution >= 0.6 is 0 Å². The summed E-state index contributed by atoms with van der Waals surface area (Å²) in [5, 5.41) is 20.3. The van der Waals surface area contributed by atoms with Crippen LogP contribution in [-0.2, 0) is 16.1 Å². The molecular weight excluding hydrogens is 428 g/mol. The van der Waals surface area contributed by atoms with Crippen molar-refractivity contribution in [3.63, 3.8) is 0 Å². The van der Waals surface area contributed by atoms with Gasteiger partial charge in [-0.05, 0) is 44.5 Å². The van der Waals surface area contributed by atoms with Crippen molar-refractivity contribution < 1.29 is 24.6 Å². The largest absolute Gasteiger partial charge is 0.481 e. The highest BCUT2D eigenvalue weighted by atomic mass is 16.4. The van der Waals surface area contributed by atoms with E-state index in [4.69, 9.17) is 5.11 Å². The van der Waals surface area contributed by atoms with E-state index < -0.39 is 23.9 Å². The number of carboxylic acids is 2. The second kappa shape index (κ2) is 9.98. The predicted octanol–water partition coefficient (Wildman–Crippen LogP) is 1.72. The number of rotatable bonds is 9. The maximum atomic E-state index is 12.4. The zero-order valence-corrected chi connectivity index (χ0v) is 18.4. The average molecular weight is 452 g/mol. The van der Waals surface area contributed by atoms with Gasteiger partial charge >= 0.3 is 11.9 Å². The van der Waals surface area contributed by atoms with Gasteiger partial charge in [-0.3, -0.25) is 9.59 Å². The molecule has 0 saturated heterocycles. The van der Waals surface area contributed by atoms with Crippen molar-refractivity contribution in [2.45, 2.75) is 39.3 Å². The highest BCUT2D eigenvalue weighted by Gasteiger charge is 2.21. The molecule has 3 aromatic rings. The van der Waals surface area contributed by atoms with E-state index in [1.54, 1.807) is 37.4 Å². The van der Waals surface area contributed by atoms with Crippen molar-refractivity contribution >= 4 is 34.7 Å². The number of amides is 1. The van der Waals surface area contributed by atoms with Crippen LogP contribution in [0.15, 0.2) is 30.5 Å². The van der Waals surface area contributed by atoms with Crippen LogP contribution in [-0.4, -0.2) is 61.1 Å². The first-order valence-electron chi connectivity index (χ1n) is 10.2. The first-order valence-corrected chi connectivity index (χ1v) is 10.2. The molecule has 0 aliphatic rings. The van der Waals surface area contributed by atoms with Crippen LogP contribution in [0.5, 0.6) is 0 Å². The van der Waals surface area contributed by atoms with Gasteiger partial charge in [0.25, 0.3) is 5.91 Å². The third-order valence-electron chi connectivity index (χ3n) is 4.96. The van der Waals surface area contributed by atoms with Gasteiger partial charge in [0, 0.05) is 24.7 Å². The Labute approximate surface area is 189 Å². The van der Waals surface area contributed by atoms with E-state index in [2.05, 4.69) is 25.3 Å². The summed E-state index contributed by atoms with van der Waals surface area (Å²) in [6, 6.07) is 5.33. The van der Waals surface area contributed by atoms with Gasteiger partial charge in [-0.15, -0.1) is 0 Å². The van der Waals surface area contributed by atoms with Gasteiger partial charge < -0.3 is 20.4 Å². The lowest BCUT2D eigenvalue weighted by atomic mass is 10.1. The summed E-state index contributed by atoms with van der Waals surface area (Å²) < 4.78 is 0. The van der Waals surface area contributed by atoms with Crippen molar-refractivity contribution in [1.29, 1.82) is 0 Å². The van der Waals surface area contributed by atoms with Crippen LogP contribution in [0.4, 0.5) is 5.69 Å². The Kier molecular flexibility index (Phi) is 7.11. The van der Waals surface area contributed by atoms with Gasteiger partial charge in [-0.1, -0.05) is 0 Å². The number of nitrogens with one attached hydrogen (secondary N) is 1. The van der Waals surface area contributed by atoms with Gasteiger partial charge in [0.15, 0.2) is 5.65 Å². The summed E-state index contributed by atoms with van der Waals surface area (Å²) in [6.45, 7) is 4.12. The van der Waals surface area contributed by atoms with Gasteiger partial charge in [0.2, 0.25) is 0 Å². The Morgan fingerprint density at radius 2 is 1.76 bits per heavy atom. The first-order chi connectivity index (χ1) is 15.6. The molecule has 0 radical (unpaired) electrons. The maximum Gasteiger partial charge on any atom is 0.326 e. The zero-order valence-electron chi connectivity index (χ0n) is 18.4. The molecule has 33 heavy (non-hydrogen) atoms. The van der Waals surface area contributed by atoms with E-state index in [-0.39, 0.29) is 18.4 Å². The van der Waals surface area contributed by atoms with Crippen molar-refractivity contribution in [2.75, 3.05) is 11.9 Å². The molecule has 1 atom stereocenters. The molecule has 0 aliphatic carbocycles. The molecule has 0 saturated carbocycles. The topological polar surface area (TPSA) is 158 Å². The summed E-state index contributed by atoms with van der Waals surface area (Å²) in [6.07, 6.45) is 1.10. The fourth-order valence-electron chi connectivity index (χ4n) is 3.26. The number of aryl methyl sites for hydroxylation is 2. The smallest absolute Gasteiger partial charge is 0.326 e. The number of hydrogen-bond donors (Lipinski definition) is 3. The molecule has 172 valence electrons. The molecule has 0 unspecified atom stereocenters. The third kappa shape index (κ3) is 5.97. The summed E-state index contributed by atoms with van der Waals surface area (Å²) in [4.78, 5) is 53.9. The molecule has 2 heterocycles. The molecule has 0 bridgehead atoms. The van der Waals surface area contributed by atoms with Gasteiger partial charge in [-0.2, -0.15) is 0 Å². The number of nitrogens with zero attached hydrogens (tertiary/aromatic N) is 5. The normalized spacial score (nSPS) is 11.7. The number of carboxylic acid groups (broad SMARTS) is 2. The fourth-order valence-corrected chi connectivity index (χ4v) is 3.26. The summed E-state index contributed by atoms with van der Waals surface area (Å²) in [5.74, 6) is -2.36. The van der Waals surface area contributed by atoms with Crippen LogP contribution in [0.3, 0.4) is 0 Å². The van der Waals surface area contributed by atoms with Crippen LogP contribution in [0.1, 0.15) is 40.4 Å². The van der Waals surface area contributed by atoms with Crippen LogP contribution in [0, 0.1) is 13.8 Å². The number of aliphatic carboxylic acids is 2. The second-order valence-electron chi connectivity index (χ2n) is 7.59. The lowest BCUT2D eigenvalue weighted by Crippen LogP contribution is -2.41. The van der Waals surface area contributed by atoms with Crippen LogP contribution in [0.25, 0.3) is 11.2 Å². The number of fused-ring (bicyclic) bond motifs is 1. The average Bonchev–Trinajstić information content (AvgIpc) is 2.76. The summed E-state index contributed by atoms with van der Waals surface area (Å²) in [7, 11) is 1.87. The van der Waals surface area contributed by atoms with Gasteiger partial charge in [-0.25, -0.2) is 24.7 Å². The lowest BCUT2D eigenvalue weighted by Gasteiger charge is -2.19. The van der Waals surface area contributed by atoms with Crippen LogP contribution in [0.2, 0.25) is 0 Å². The standard InChI is InChI=1S/C22H24N6O5/c1-12-19-20(25-13(2)24-12)23-10-15(26-19)11-28(3)16-6-4-14(5-7-16)21(31)27-17(22(32)33)8-9-18(29)30/h4-7,10,17H,8-9,11H2,1-3H3,(H,27,31)(H,29,30)(H,32,33)/t17-/m1/s1. The Hall–Kier alpha value is -4.15. The Morgan fingerprint density at radius 1 is 1.06 bits per heavy atom. The monoisotopic (exact) mass is 452 g/mol. The van der Waals surface area contributed by atoms with Crippen molar-refractivity contribution in [2.24, 2.45) is 0 Å². The molecule has 11 nitrogen and oxygen atoms in total. The number of carbonyl (C=O) groups is 3. The molecule has 11 heteroatoms. The second-order valence-corrected chi connectivity index (χ2v) is 7.59. The highest BCUT2D eigenvalue weighted by Crippen LogP contribution is 2.18.